The van der Waals surface area contributed by atoms with E-state index in [4.69, 9.17) is 5.73 Å². The summed E-state index contributed by atoms with van der Waals surface area (Å²) in [6, 6.07) is 5.98. The SMILES string of the molecule is NCC(F)(F)c1cccc(Br)c1. The second kappa shape index (κ2) is 3.49. The summed E-state index contributed by atoms with van der Waals surface area (Å²) in [5.41, 5.74) is 4.87. The van der Waals surface area contributed by atoms with Crippen LogP contribution in [0.15, 0.2) is 28.7 Å². The van der Waals surface area contributed by atoms with Crippen molar-refractivity contribution >= 4 is 15.9 Å². The number of benzene rings is 1. The molecule has 12 heavy (non-hydrogen) atoms. The number of hydrogen-bond donors (Lipinski definition) is 1. The second-order valence-corrected chi connectivity index (χ2v) is 3.33. The number of alkyl halides is 2. The van der Waals surface area contributed by atoms with Crippen molar-refractivity contribution in [3.8, 4) is 0 Å². The standard InChI is InChI=1S/C8H8BrF2N/c9-7-3-1-2-6(4-7)8(10,11)5-12/h1-4H,5,12H2. The molecule has 0 saturated carbocycles. The molecule has 0 saturated heterocycles. The molecule has 0 aliphatic rings. The molecule has 0 fully saturated rings. The van der Waals surface area contributed by atoms with Gasteiger partial charge in [-0.1, -0.05) is 28.1 Å². The van der Waals surface area contributed by atoms with Gasteiger partial charge in [-0.05, 0) is 12.1 Å². The Balaban J connectivity index is 3.03. The van der Waals surface area contributed by atoms with Crippen LogP contribution in [0.25, 0.3) is 0 Å². The lowest BCUT2D eigenvalue weighted by atomic mass is 10.1. The molecule has 0 atom stereocenters. The molecule has 0 aliphatic carbocycles. The van der Waals surface area contributed by atoms with Gasteiger partial charge in [-0.25, -0.2) is 0 Å². The fourth-order valence-corrected chi connectivity index (χ4v) is 1.23. The first-order chi connectivity index (χ1) is 5.56. The van der Waals surface area contributed by atoms with Gasteiger partial charge in [-0.3, -0.25) is 0 Å². The minimum absolute atomic E-state index is 0.0561. The van der Waals surface area contributed by atoms with Gasteiger partial charge >= 0.3 is 0 Å². The van der Waals surface area contributed by atoms with Crippen LogP contribution in [0.4, 0.5) is 8.78 Å². The van der Waals surface area contributed by atoms with Gasteiger partial charge in [-0.15, -0.1) is 0 Å². The zero-order chi connectivity index (χ0) is 9.19. The highest BCUT2D eigenvalue weighted by Crippen LogP contribution is 2.28. The van der Waals surface area contributed by atoms with Crippen molar-refractivity contribution in [2.75, 3.05) is 6.54 Å². The van der Waals surface area contributed by atoms with E-state index in [1.807, 2.05) is 0 Å². The van der Waals surface area contributed by atoms with Gasteiger partial charge in [0.25, 0.3) is 5.92 Å². The van der Waals surface area contributed by atoms with Crippen LogP contribution >= 0.6 is 15.9 Å². The first-order valence-electron chi connectivity index (χ1n) is 3.40. The normalized spacial score (nSPS) is 11.7. The van der Waals surface area contributed by atoms with Crippen molar-refractivity contribution in [1.29, 1.82) is 0 Å². The summed E-state index contributed by atoms with van der Waals surface area (Å²) in [6.45, 7) is -0.663. The van der Waals surface area contributed by atoms with Gasteiger partial charge in [0, 0.05) is 10.0 Å². The average molecular weight is 236 g/mol. The molecule has 0 amide bonds. The Morgan fingerprint density at radius 1 is 1.42 bits per heavy atom. The highest BCUT2D eigenvalue weighted by Gasteiger charge is 2.29. The molecule has 4 heteroatoms. The Hall–Kier alpha value is -0.480. The number of rotatable bonds is 2. The smallest absolute Gasteiger partial charge is 0.285 e. The van der Waals surface area contributed by atoms with E-state index in [2.05, 4.69) is 15.9 Å². The van der Waals surface area contributed by atoms with Crippen LogP contribution in [-0.4, -0.2) is 6.54 Å². The van der Waals surface area contributed by atoms with Gasteiger partial charge < -0.3 is 5.73 Å². The lowest BCUT2D eigenvalue weighted by Gasteiger charge is -2.13. The van der Waals surface area contributed by atoms with E-state index in [-0.39, 0.29) is 5.56 Å². The summed E-state index contributed by atoms with van der Waals surface area (Å²) in [5.74, 6) is -2.93. The predicted molar refractivity (Wildman–Crippen MR) is 47.1 cm³/mol. The molecule has 2 N–H and O–H groups in total. The molecule has 1 rings (SSSR count). The third-order valence-electron chi connectivity index (χ3n) is 1.50. The summed E-state index contributed by atoms with van der Waals surface area (Å²) in [4.78, 5) is 0. The van der Waals surface area contributed by atoms with E-state index < -0.39 is 12.5 Å². The van der Waals surface area contributed by atoms with Crippen molar-refractivity contribution in [1.82, 2.24) is 0 Å². The Bertz CT molecular complexity index is 276. The van der Waals surface area contributed by atoms with Gasteiger partial charge in [-0.2, -0.15) is 8.78 Å². The average Bonchev–Trinajstić information content (AvgIpc) is 2.05. The maximum atomic E-state index is 12.9. The van der Waals surface area contributed by atoms with Crippen molar-refractivity contribution in [2.45, 2.75) is 5.92 Å². The highest BCUT2D eigenvalue weighted by atomic mass is 79.9. The number of halogens is 3. The summed E-state index contributed by atoms with van der Waals surface area (Å²) in [6.07, 6.45) is 0. The van der Waals surface area contributed by atoms with Crippen LogP contribution in [-0.2, 0) is 5.92 Å². The second-order valence-electron chi connectivity index (χ2n) is 2.42. The topological polar surface area (TPSA) is 26.0 Å². The van der Waals surface area contributed by atoms with Gasteiger partial charge in [0.15, 0.2) is 0 Å². The molecule has 0 aromatic heterocycles. The number of nitrogens with two attached hydrogens (primary N) is 1. The van der Waals surface area contributed by atoms with Gasteiger partial charge in [0.05, 0.1) is 6.54 Å². The van der Waals surface area contributed by atoms with Crippen molar-refractivity contribution in [2.24, 2.45) is 5.73 Å². The third-order valence-corrected chi connectivity index (χ3v) is 2.00. The predicted octanol–water partition coefficient (Wildman–Crippen LogP) is 2.50. The van der Waals surface area contributed by atoms with Crippen molar-refractivity contribution in [3.05, 3.63) is 34.3 Å². The van der Waals surface area contributed by atoms with Crippen LogP contribution < -0.4 is 5.73 Å². The van der Waals surface area contributed by atoms with Crippen LogP contribution in [0.5, 0.6) is 0 Å². The van der Waals surface area contributed by atoms with E-state index in [0.717, 1.165) is 0 Å². The van der Waals surface area contributed by atoms with Crippen molar-refractivity contribution < 1.29 is 8.78 Å². The summed E-state index contributed by atoms with van der Waals surface area (Å²) >= 11 is 3.11. The van der Waals surface area contributed by atoms with Crippen LogP contribution in [0.2, 0.25) is 0 Å². The van der Waals surface area contributed by atoms with E-state index >= 15 is 0 Å². The molecular formula is C8H8BrF2N. The molecule has 1 nitrogen and oxygen atoms in total. The van der Waals surface area contributed by atoms with E-state index in [1.165, 1.54) is 12.1 Å². The quantitative estimate of drug-likeness (QED) is 0.838. The minimum atomic E-state index is -2.93. The van der Waals surface area contributed by atoms with E-state index in [1.54, 1.807) is 12.1 Å². The zero-order valence-electron chi connectivity index (χ0n) is 6.23. The molecule has 0 spiro atoms. The molecule has 0 unspecified atom stereocenters. The summed E-state index contributed by atoms with van der Waals surface area (Å²) in [5, 5.41) is 0. The monoisotopic (exact) mass is 235 g/mol. The lowest BCUT2D eigenvalue weighted by molar-refractivity contribution is 0.00589. The Morgan fingerprint density at radius 2 is 2.08 bits per heavy atom. The fourth-order valence-electron chi connectivity index (χ4n) is 0.834. The first kappa shape index (κ1) is 9.61. The molecule has 0 radical (unpaired) electrons. The molecule has 66 valence electrons. The Morgan fingerprint density at radius 3 is 2.58 bits per heavy atom. The maximum Gasteiger partial charge on any atom is 0.285 e. The molecule has 1 aromatic carbocycles. The van der Waals surface area contributed by atoms with E-state index in [9.17, 15) is 8.78 Å². The molecule has 1 aromatic rings. The van der Waals surface area contributed by atoms with E-state index in [0.29, 0.717) is 4.47 Å². The van der Waals surface area contributed by atoms with Crippen molar-refractivity contribution in [3.63, 3.8) is 0 Å². The van der Waals surface area contributed by atoms with Gasteiger partial charge in [0.2, 0.25) is 0 Å². The fraction of sp³-hybridized carbons (Fsp3) is 0.250. The minimum Gasteiger partial charge on any atom is -0.325 e. The molecule has 0 aliphatic heterocycles. The van der Waals surface area contributed by atoms with Crippen LogP contribution in [0.3, 0.4) is 0 Å². The largest absolute Gasteiger partial charge is 0.325 e. The molecular weight excluding hydrogens is 228 g/mol. The lowest BCUT2D eigenvalue weighted by Crippen LogP contribution is -2.24. The first-order valence-corrected chi connectivity index (χ1v) is 4.19. The third kappa shape index (κ3) is 2.01. The number of hydrogen-bond acceptors (Lipinski definition) is 1. The van der Waals surface area contributed by atoms with Gasteiger partial charge in [0.1, 0.15) is 0 Å². The van der Waals surface area contributed by atoms with Crippen LogP contribution in [0, 0.1) is 0 Å². The highest BCUT2D eigenvalue weighted by molar-refractivity contribution is 9.10. The molecule has 0 bridgehead atoms. The van der Waals surface area contributed by atoms with Crippen LogP contribution in [0.1, 0.15) is 5.56 Å². The zero-order valence-corrected chi connectivity index (χ0v) is 7.81. The Kier molecular flexibility index (Phi) is 2.80. The summed E-state index contributed by atoms with van der Waals surface area (Å²) < 4.78 is 26.5. The Labute approximate surface area is 77.7 Å². The molecule has 0 heterocycles. The maximum absolute atomic E-state index is 12.9. The summed E-state index contributed by atoms with van der Waals surface area (Å²) in [7, 11) is 0.